The first kappa shape index (κ1) is 18.2. The zero-order valence-corrected chi connectivity index (χ0v) is 15.4. The number of nitrogens with one attached hydrogen (secondary N) is 2. The summed E-state index contributed by atoms with van der Waals surface area (Å²) in [5, 5.41) is 16.3. The molecule has 0 aromatic carbocycles. The number of hydrogen-bond donors (Lipinski definition) is 3. The summed E-state index contributed by atoms with van der Waals surface area (Å²) in [6.07, 6.45) is 15.2. The Morgan fingerprint density at radius 1 is 1.19 bits per heavy atom. The molecule has 0 aliphatic heterocycles. The van der Waals surface area contributed by atoms with Crippen molar-refractivity contribution in [2.45, 2.75) is 32.9 Å². The van der Waals surface area contributed by atoms with Gasteiger partial charge in [0.05, 0.1) is 24.7 Å². The number of fused-ring (bicyclic) bond motifs is 1. The van der Waals surface area contributed by atoms with Gasteiger partial charge in [-0.05, 0) is 13.3 Å². The number of imidazole rings is 1. The molecule has 138 valence electrons. The fourth-order valence-electron chi connectivity index (χ4n) is 2.93. The number of rotatable bonds is 8. The van der Waals surface area contributed by atoms with Gasteiger partial charge in [0.15, 0.2) is 5.65 Å². The van der Waals surface area contributed by atoms with Gasteiger partial charge in [0, 0.05) is 25.1 Å². The average Bonchev–Trinajstić information content (AvgIpc) is 2.90. The normalized spacial score (nSPS) is 15.3. The monoisotopic (exact) mass is 353 g/mol. The second-order valence-electron chi connectivity index (χ2n) is 6.39. The number of aryl methyl sites for hydroxylation is 1. The van der Waals surface area contributed by atoms with Crippen LogP contribution in [0.2, 0.25) is 0 Å². The Kier molecular flexibility index (Phi) is 6.07. The lowest BCUT2D eigenvalue weighted by Gasteiger charge is -2.17. The van der Waals surface area contributed by atoms with Crippen molar-refractivity contribution in [3.05, 3.63) is 48.8 Å². The molecule has 0 bridgehead atoms. The zero-order valence-electron chi connectivity index (χ0n) is 15.4. The lowest BCUT2D eigenvalue weighted by Crippen LogP contribution is -2.23. The molecule has 1 aliphatic rings. The highest BCUT2D eigenvalue weighted by Gasteiger charge is 2.14. The van der Waals surface area contributed by atoms with Gasteiger partial charge in [0.2, 0.25) is 0 Å². The minimum Gasteiger partial charge on any atom is -0.394 e. The Balaban J connectivity index is 1.87. The maximum absolute atomic E-state index is 9.49. The summed E-state index contributed by atoms with van der Waals surface area (Å²) in [4.78, 5) is 9.26. The summed E-state index contributed by atoms with van der Waals surface area (Å²) >= 11 is 0. The van der Waals surface area contributed by atoms with Crippen LogP contribution < -0.4 is 10.6 Å². The van der Waals surface area contributed by atoms with Gasteiger partial charge in [-0.1, -0.05) is 43.4 Å². The van der Waals surface area contributed by atoms with E-state index >= 15 is 0 Å². The third-order valence-corrected chi connectivity index (χ3v) is 4.56. The lowest BCUT2D eigenvalue weighted by molar-refractivity contribution is 0.271. The maximum Gasteiger partial charge on any atom is 0.164 e. The van der Waals surface area contributed by atoms with Crippen LogP contribution in [0.15, 0.2) is 48.8 Å². The van der Waals surface area contributed by atoms with Gasteiger partial charge < -0.3 is 20.3 Å². The quantitative estimate of drug-likeness (QED) is 0.679. The van der Waals surface area contributed by atoms with Crippen molar-refractivity contribution >= 4 is 22.7 Å². The third-order valence-electron chi connectivity index (χ3n) is 4.56. The van der Waals surface area contributed by atoms with E-state index in [-0.39, 0.29) is 12.6 Å². The highest BCUT2D eigenvalue weighted by atomic mass is 16.3. The first-order valence-electron chi connectivity index (χ1n) is 9.24. The molecule has 2 aromatic rings. The predicted molar refractivity (Wildman–Crippen MR) is 107 cm³/mol. The molecule has 0 fully saturated rings. The minimum absolute atomic E-state index is 0.00963. The van der Waals surface area contributed by atoms with Crippen LogP contribution >= 0.6 is 0 Å². The molecule has 6 nitrogen and oxygen atoms in total. The summed E-state index contributed by atoms with van der Waals surface area (Å²) in [5.74, 6) is 1.07. The van der Waals surface area contributed by atoms with Crippen molar-refractivity contribution in [1.29, 1.82) is 0 Å². The molecule has 0 spiro atoms. The van der Waals surface area contributed by atoms with Gasteiger partial charge in [-0.25, -0.2) is 9.97 Å². The van der Waals surface area contributed by atoms with Crippen molar-refractivity contribution in [1.82, 2.24) is 14.5 Å². The van der Waals surface area contributed by atoms with Gasteiger partial charge >= 0.3 is 0 Å². The van der Waals surface area contributed by atoms with Gasteiger partial charge in [-0.3, -0.25) is 0 Å². The number of hydrogen-bond acceptors (Lipinski definition) is 5. The van der Waals surface area contributed by atoms with E-state index in [1.165, 1.54) is 0 Å². The van der Waals surface area contributed by atoms with E-state index < -0.39 is 0 Å². The first-order chi connectivity index (χ1) is 12.7. The van der Waals surface area contributed by atoms with Crippen molar-refractivity contribution in [2.75, 3.05) is 23.8 Å². The van der Waals surface area contributed by atoms with Crippen LogP contribution in [0.25, 0.3) is 11.2 Å². The molecule has 3 N–H and O–H groups in total. The topological polar surface area (TPSA) is 75.0 Å². The van der Waals surface area contributed by atoms with Crippen molar-refractivity contribution < 1.29 is 5.11 Å². The van der Waals surface area contributed by atoms with E-state index in [9.17, 15) is 5.11 Å². The molecule has 3 rings (SSSR count). The van der Waals surface area contributed by atoms with E-state index in [0.717, 1.165) is 42.2 Å². The molecule has 0 unspecified atom stereocenters. The van der Waals surface area contributed by atoms with Crippen LogP contribution in [0.4, 0.5) is 11.5 Å². The van der Waals surface area contributed by atoms with E-state index in [0.29, 0.717) is 5.92 Å². The molecule has 0 saturated carbocycles. The van der Waals surface area contributed by atoms with Crippen LogP contribution in [0.1, 0.15) is 20.3 Å². The summed E-state index contributed by atoms with van der Waals surface area (Å²) in [6, 6.07) is 1.97. The summed E-state index contributed by atoms with van der Waals surface area (Å²) in [7, 11) is 0. The van der Waals surface area contributed by atoms with E-state index in [2.05, 4.69) is 46.8 Å². The standard InChI is InChI=1S/C20H27N5O/c1-3-16(13-26)23-18-11-17(19-20(24-18)25(4-2)14-22-19)21-12-15-9-7-5-6-8-10-15/h5-11,14-16,26H,3-4,12-13H2,1-2H3,(H2,21,23,24)/t16-/m0/s1. The second-order valence-corrected chi connectivity index (χ2v) is 6.39. The highest BCUT2D eigenvalue weighted by molar-refractivity contribution is 5.88. The molecule has 1 atom stereocenters. The molecule has 0 radical (unpaired) electrons. The van der Waals surface area contributed by atoms with Gasteiger partial charge in [0.1, 0.15) is 11.3 Å². The highest BCUT2D eigenvalue weighted by Crippen LogP contribution is 2.25. The number of allylic oxidation sites excluding steroid dienone is 4. The van der Waals surface area contributed by atoms with Crippen molar-refractivity contribution in [2.24, 2.45) is 5.92 Å². The fraction of sp³-hybridized carbons (Fsp3) is 0.400. The fourth-order valence-corrected chi connectivity index (χ4v) is 2.93. The van der Waals surface area contributed by atoms with Crippen LogP contribution in [0, 0.1) is 5.92 Å². The Bertz CT molecular complexity index is 801. The number of nitrogens with zero attached hydrogens (tertiary/aromatic N) is 3. The Morgan fingerprint density at radius 2 is 1.96 bits per heavy atom. The maximum atomic E-state index is 9.49. The summed E-state index contributed by atoms with van der Waals surface area (Å²) in [6.45, 7) is 5.79. The number of anilines is 2. The average molecular weight is 353 g/mol. The third kappa shape index (κ3) is 4.14. The van der Waals surface area contributed by atoms with Gasteiger partial charge in [0.25, 0.3) is 0 Å². The number of pyridine rings is 1. The van der Waals surface area contributed by atoms with Crippen molar-refractivity contribution in [3.8, 4) is 0 Å². The molecule has 1 aliphatic carbocycles. The largest absolute Gasteiger partial charge is 0.394 e. The molecule has 0 saturated heterocycles. The van der Waals surface area contributed by atoms with Crippen molar-refractivity contribution in [3.63, 3.8) is 0 Å². The zero-order chi connectivity index (χ0) is 18.4. The van der Waals surface area contributed by atoms with Gasteiger partial charge in [-0.15, -0.1) is 0 Å². The molecule has 0 amide bonds. The number of aliphatic hydroxyl groups is 1. The molecule has 2 heterocycles. The van der Waals surface area contributed by atoms with Crippen LogP contribution in [-0.4, -0.2) is 38.8 Å². The predicted octanol–water partition coefficient (Wildman–Crippen LogP) is 3.34. The Labute approximate surface area is 154 Å². The SMILES string of the molecule is CC[C@@H](CO)Nc1cc(NCC2C=CC=CC=C2)c2ncn(CC)c2n1. The van der Waals surface area contributed by atoms with Crippen LogP contribution in [0.3, 0.4) is 0 Å². The van der Waals surface area contributed by atoms with E-state index in [1.807, 2.05) is 36.0 Å². The van der Waals surface area contributed by atoms with Gasteiger partial charge in [-0.2, -0.15) is 0 Å². The van der Waals surface area contributed by atoms with E-state index in [1.54, 1.807) is 0 Å². The molecule has 26 heavy (non-hydrogen) atoms. The van der Waals surface area contributed by atoms with E-state index in [4.69, 9.17) is 4.98 Å². The Morgan fingerprint density at radius 3 is 2.62 bits per heavy atom. The smallest absolute Gasteiger partial charge is 0.164 e. The first-order valence-corrected chi connectivity index (χ1v) is 9.24. The second kappa shape index (κ2) is 8.67. The summed E-state index contributed by atoms with van der Waals surface area (Å²) < 4.78 is 2.03. The minimum atomic E-state index is -0.00963. The number of aliphatic hydroxyl groups excluding tert-OH is 1. The number of aromatic nitrogens is 3. The lowest BCUT2D eigenvalue weighted by atomic mass is 10.1. The van der Waals surface area contributed by atoms with Crippen LogP contribution in [0.5, 0.6) is 0 Å². The molecule has 2 aromatic heterocycles. The van der Waals surface area contributed by atoms with Crippen LogP contribution in [-0.2, 0) is 6.54 Å². The Hall–Kier alpha value is -2.60. The molecular formula is C20H27N5O. The molecular weight excluding hydrogens is 326 g/mol. The molecule has 6 heteroatoms. The summed E-state index contributed by atoms with van der Waals surface area (Å²) in [5.41, 5.74) is 2.67.